The van der Waals surface area contributed by atoms with E-state index in [9.17, 15) is 13.2 Å². The summed E-state index contributed by atoms with van der Waals surface area (Å²) < 4.78 is 33.9. The van der Waals surface area contributed by atoms with E-state index in [4.69, 9.17) is 9.72 Å². The molecule has 5 rings (SSSR count). The molecule has 0 unspecified atom stereocenters. The molecule has 0 radical (unpaired) electrons. The molecule has 2 aromatic carbocycles. The summed E-state index contributed by atoms with van der Waals surface area (Å²) in [6.45, 7) is 7.45. The smallest absolute Gasteiger partial charge is 0.268 e. The Morgan fingerprint density at radius 2 is 1.81 bits per heavy atom. The second-order valence-electron chi connectivity index (χ2n) is 9.77. The number of H-pyrrole nitrogens is 1. The number of nitrogens with zero attached hydrogens (tertiary/aromatic N) is 3. The lowest BCUT2D eigenvalue weighted by atomic mass is 9.87. The number of fused-ring (bicyclic) bond motifs is 2. The molecule has 0 atom stereocenters. The summed E-state index contributed by atoms with van der Waals surface area (Å²) in [5.74, 6) is 0.514. The maximum atomic E-state index is 13.6. The number of methoxy groups -OCH3 is 1. The zero-order chi connectivity index (χ0) is 25.8. The Morgan fingerprint density at radius 3 is 2.47 bits per heavy atom. The molecule has 5 aromatic rings. The summed E-state index contributed by atoms with van der Waals surface area (Å²) in [7, 11) is -2.34. The minimum Gasteiger partial charge on any atom is -0.497 e. The van der Waals surface area contributed by atoms with Crippen molar-refractivity contribution in [2.45, 2.75) is 32.6 Å². The zero-order valence-electron chi connectivity index (χ0n) is 20.7. The first-order valence-electron chi connectivity index (χ1n) is 11.4. The molecule has 0 bridgehead atoms. The standard InChI is InChI=1S/C27H26N4O4S/c1-16-6-9-18(10-7-16)36(33,34)31-15-21(19-12-17(35-5)8-11-23(19)31)22-14-29-26-24(30-22)20(13-28-26)25(32)27(2,3)4/h6-15H,1-5H3,(H,28,29). The van der Waals surface area contributed by atoms with Crippen LogP contribution in [0.5, 0.6) is 5.75 Å². The average Bonchev–Trinajstić information content (AvgIpc) is 3.44. The number of benzene rings is 2. The second kappa shape index (κ2) is 8.30. The molecule has 0 aliphatic rings. The van der Waals surface area contributed by atoms with Crippen molar-refractivity contribution in [3.05, 3.63) is 72.2 Å². The lowest BCUT2D eigenvalue weighted by molar-refractivity contribution is 0.0860. The molecule has 0 fully saturated rings. The molecular formula is C27H26N4O4S. The van der Waals surface area contributed by atoms with Gasteiger partial charge in [-0.3, -0.25) is 4.79 Å². The lowest BCUT2D eigenvalue weighted by Crippen LogP contribution is -2.20. The summed E-state index contributed by atoms with van der Waals surface area (Å²) in [4.78, 5) is 25.4. The molecule has 8 nitrogen and oxygen atoms in total. The fourth-order valence-corrected chi connectivity index (χ4v) is 5.50. The van der Waals surface area contributed by atoms with E-state index < -0.39 is 15.4 Å². The van der Waals surface area contributed by atoms with E-state index in [0.717, 1.165) is 5.56 Å². The van der Waals surface area contributed by atoms with Crippen LogP contribution >= 0.6 is 0 Å². The molecule has 36 heavy (non-hydrogen) atoms. The number of ketones is 1. The van der Waals surface area contributed by atoms with Crippen LogP contribution in [0.3, 0.4) is 0 Å². The van der Waals surface area contributed by atoms with Gasteiger partial charge in [-0.15, -0.1) is 0 Å². The average molecular weight is 503 g/mol. The number of carbonyl (C=O) groups is 1. The van der Waals surface area contributed by atoms with Crippen molar-refractivity contribution in [1.82, 2.24) is 18.9 Å². The van der Waals surface area contributed by atoms with Crippen molar-refractivity contribution in [3.8, 4) is 17.0 Å². The molecule has 3 heterocycles. The van der Waals surface area contributed by atoms with Crippen LogP contribution in [-0.4, -0.2) is 40.2 Å². The topological polar surface area (TPSA) is 107 Å². The van der Waals surface area contributed by atoms with Gasteiger partial charge in [0.2, 0.25) is 0 Å². The van der Waals surface area contributed by atoms with E-state index in [1.54, 1.807) is 68.2 Å². The summed E-state index contributed by atoms with van der Waals surface area (Å²) >= 11 is 0. The van der Waals surface area contributed by atoms with Crippen molar-refractivity contribution in [3.63, 3.8) is 0 Å². The molecule has 1 N–H and O–H groups in total. The van der Waals surface area contributed by atoms with E-state index in [0.29, 0.717) is 44.6 Å². The van der Waals surface area contributed by atoms with Crippen LogP contribution in [0.1, 0.15) is 36.7 Å². The van der Waals surface area contributed by atoms with Crippen LogP contribution in [0.4, 0.5) is 0 Å². The minimum atomic E-state index is -3.89. The Hall–Kier alpha value is -3.98. The third-order valence-corrected chi connectivity index (χ3v) is 7.83. The molecule has 9 heteroatoms. The van der Waals surface area contributed by atoms with Gasteiger partial charge in [-0.1, -0.05) is 38.5 Å². The number of carbonyl (C=O) groups excluding carboxylic acids is 1. The third kappa shape index (κ3) is 3.85. The van der Waals surface area contributed by atoms with Gasteiger partial charge in [0, 0.05) is 28.8 Å². The predicted molar refractivity (Wildman–Crippen MR) is 139 cm³/mol. The highest BCUT2D eigenvalue weighted by Gasteiger charge is 2.27. The van der Waals surface area contributed by atoms with Gasteiger partial charge in [-0.2, -0.15) is 0 Å². The summed E-state index contributed by atoms with van der Waals surface area (Å²) in [5.41, 5.74) is 3.22. The third-order valence-electron chi connectivity index (χ3n) is 6.14. The minimum absolute atomic E-state index is 0.0637. The molecule has 0 aliphatic carbocycles. The molecule has 0 amide bonds. The van der Waals surface area contributed by atoms with Gasteiger partial charge in [-0.25, -0.2) is 22.4 Å². The normalized spacial score (nSPS) is 12.4. The van der Waals surface area contributed by atoms with Gasteiger partial charge < -0.3 is 9.72 Å². The quantitative estimate of drug-likeness (QED) is 0.324. The molecule has 3 aromatic heterocycles. The first-order chi connectivity index (χ1) is 17.0. The Labute approximate surface area is 209 Å². The fourth-order valence-electron chi connectivity index (χ4n) is 4.13. The number of rotatable bonds is 5. The van der Waals surface area contributed by atoms with Gasteiger partial charge in [0.25, 0.3) is 10.0 Å². The highest BCUT2D eigenvalue weighted by molar-refractivity contribution is 7.90. The number of hydrogen-bond donors (Lipinski definition) is 1. The lowest BCUT2D eigenvalue weighted by Gasteiger charge is -2.15. The van der Waals surface area contributed by atoms with Gasteiger partial charge in [0.05, 0.1) is 35.0 Å². The van der Waals surface area contributed by atoms with Crippen molar-refractivity contribution in [2.75, 3.05) is 7.11 Å². The number of aromatic nitrogens is 4. The maximum Gasteiger partial charge on any atom is 0.268 e. The number of aromatic amines is 1. The van der Waals surface area contributed by atoms with Crippen molar-refractivity contribution in [2.24, 2.45) is 5.41 Å². The summed E-state index contributed by atoms with van der Waals surface area (Å²) in [5, 5.41) is 0.637. The summed E-state index contributed by atoms with van der Waals surface area (Å²) in [6, 6.07) is 11.9. The molecular weight excluding hydrogens is 476 g/mol. The second-order valence-corrected chi connectivity index (χ2v) is 11.6. The number of nitrogens with one attached hydrogen (secondary N) is 1. The van der Waals surface area contributed by atoms with E-state index in [-0.39, 0.29) is 10.7 Å². The van der Waals surface area contributed by atoms with E-state index >= 15 is 0 Å². The molecule has 0 saturated carbocycles. The van der Waals surface area contributed by atoms with Gasteiger partial charge >= 0.3 is 0 Å². The Balaban J connectivity index is 1.75. The maximum absolute atomic E-state index is 13.6. The van der Waals surface area contributed by atoms with Gasteiger partial charge in [0.1, 0.15) is 11.3 Å². The van der Waals surface area contributed by atoms with Crippen LogP contribution in [0, 0.1) is 12.3 Å². The van der Waals surface area contributed by atoms with E-state index in [1.807, 2.05) is 27.7 Å². The highest BCUT2D eigenvalue weighted by atomic mass is 32.2. The number of Topliss-reactive ketones (excluding diaryl/α,β-unsaturated/α-hetero) is 1. The van der Waals surface area contributed by atoms with Crippen molar-refractivity contribution < 1.29 is 17.9 Å². The summed E-state index contributed by atoms with van der Waals surface area (Å²) in [6.07, 6.45) is 4.74. The predicted octanol–water partition coefficient (Wildman–Crippen LogP) is 5.36. The zero-order valence-corrected chi connectivity index (χ0v) is 21.5. The largest absolute Gasteiger partial charge is 0.497 e. The molecule has 184 valence electrons. The van der Waals surface area contributed by atoms with E-state index in [2.05, 4.69) is 9.97 Å². The van der Waals surface area contributed by atoms with Crippen molar-refractivity contribution >= 4 is 37.9 Å². The molecule has 0 saturated heterocycles. The first-order valence-corrected chi connectivity index (χ1v) is 12.9. The Morgan fingerprint density at radius 1 is 1.08 bits per heavy atom. The molecule has 0 aliphatic heterocycles. The highest BCUT2D eigenvalue weighted by Crippen LogP contribution is 2.35. The van der Waals surface area contributed by atoms with Crippen LogP contribution in [0.25, 0.3) is 33.3 Å². The van der Waals surface area contributed by atoms with Gasteiger partial charge in [0.15, 0.2) is 11.4 Å². The Bertz CT molecular complexity index is 1740. The monoisotopic (exact) mass is 502 g/mol. The van der Waals surface area contributed by atoms with Crippen LogP contribution in [-0.2, 0) is 10.0 Å². The van der Waals surface area contributed by atoms with Crippen molar-refractivity contribution in [1.29, 1.82) is 0 Å². The SMILES string of the molecule is COc1ccc2c(c1)c(-c1cnc3[nH]cc(C(=O)C(C)(C)C)c3n1)cn2S(=O)(=O)c1ccc(C)cc1. The number of aryl methyl sites for hydroxylation is 1. The first kappa shape index (κ1) is 23.7. The molecule has 0 spiro atoms. The van der Waals surface area contributed by atoms with Crippen LogP contribution < -0.4 is 4.74 Å². The van der Waals surface area contributed by atoms with Gasteiger partial charge in [-0.05, 0) is 37.3 Å². The Kier molecular flexibility index (Phi) is 5.48. The fraction of sp³-hybridized carbons (Fsp3) is 0.222. The number of hydrogen-bond acceptors (Lipinski definition) is 6. The number of ether oxygens (including phenoxy) is 1. The van der Waals surface area contributed by atoms with Crippen LogP contribution in [0.2, 0.25) is 0 Å². The van der Waals surface area contributed by atoms with Crippen LogP contribution in [0.15, 0.2) is 66.0 Å². The van der Waals surface area contributed by atoms with E-state index in [1.165, 1.54) is 3.97 Å².